The highest BCUT2D eigenvalue weighted by atomic mass is 16.6. The van der Waals surface area contributed by atoms with Crippen LogP contribution in [0.4, 0.5) is 5.69 Å². The summed E-state index contributed by atoms with van der Waals surface area (Å²) < 4.78 is 1.56. The fourth-order valence-corrected chi connectivity index (χ4v) is 2.97. The van der Waals surface area contributed by atoms with Gasteiger partial charge in [-0.2, -0.15) is 0 Å². The van der Waals surface area contributed by atoms with E-state index in [2.05, 4.69) is 4.98 Å². The van der Waals surface area contributed by atoms with Crippen LogP contribution in [0.2, 0.25) is 0 Å². The van der Waals surface area contributed by atoms with Crippen LogP contribution in [0.3, 0.4) is 0 Å². The van der Waals surface area contributed by atoms with E-state index in [1.807, 2.05) is 0 Å². The van der Waals surface area contributed by atoms with Crippen LogP contribution >= 0.6 is 0 Å². The average molecular weight is 371 g/mol. The standard InChI is InChI=1S/C21H13N3O4/c25-20(14-6-2-1-3-7-14)18-19(23-13-5-4-8-17(23)22-18)21(26)15-9-11-16(12-10-15)24(27)28/h1-13H. The number of rotatable bonds is 5. The van der Waals surface area contributed by atoms with E-state index in [1.54, 1.807) is 59.1 Å². The molecule has 2 aromatic carbocycles. The molecule has 0 spiro atoms. The zero-order valence-electron chi connectivity index (χ0n) is 14.5. The number of ketones is 2. The topological polar surface area (TPSA) is 94.6 Å². The maximum atomic E-state index is 13.2. The lowest BCUT2D eigenvalue weighted by Crippen LogP contribution is -2.12. The number of nitrogens with zero attached hydrogens (tertiary/aromatic N) is 3. The van der Waals surface area contributed by atoms with Crippen molar-refractivity contribution in [3.8, 4) is 0 Å². The van der Waals surface area contributed by atoms with Gasteiger partial charge in [0.2, 0.25) is 11.6 Å². The van der Waals surface area contributed by atoms with E-state index in [1.165, 1.54) is 24.3 Å². The molecule has 0 atom stereocenters. The minimum absolute atomic E-state index is 0.0424. The average Bonchev–Trinajstić information content (AvgIpc) is 3.13. The fourth-order valence-electron chi connectivity index (χ4n) is 2.97. The van der Waals surface area contributed by atoms with Gasteiger partial charge in [0.05, 0.1) is 4.92 Å². The summed E-state index contributed by atoms with van der Waals surface area (Å²) in [5.41, 5.74) is 1.17. The highest BCUT2D eigenvalue weighted by Crippen LogP contribution is 2.21. The van der Waals surface area contributed by atoms with Gasteiger partial charge in [-0.3, -0.25) is 24.1 Å². The van der Waals surface area contributed by atoms with E-state index >= 15 is 0 Å². The van der Waals surface area contributed by atoms with E-state index in [0.717, 1.165) is 0 Å². The molecule has 0 aliphatic heterocycles. The first-order valence-corrected chi connectivity index (χ1v) is 8.42. The quantitative estimate of drug-likeness (QED) is 0.303. The number of fused-ring (bicyclic) bond motifs is 1. The van der Waals surface area contributed by atoms with Gasteiger partial charge >= 0.3 is 0 Å². The predicted octanol–water partition coefficient (Wildman–Crippen LogP) is 3.70. The van der Waals surface area contributed by atoms with Crippen LogP contribution in [0.1, 0.15) is 32.1 Å². The number of hydrogen-bond donors (Lipinski definition) is 0. The van der Waals surface area contributed by atoms with Crippen LogP contribution in [0.5, 0.6) is 0 Å². The Kier molecular flexibility index (Phi) is 4.25. The largest absolute Gasteiger partial charge is 0.296 e. The molecule has 7 heteroatoms. The van der Waals surface area contributed by atoms with Gasteiger partial charge in [-0.25, -0.2) is 4.98 Å². The van der Waals surface area contributed by atoms with E-state index in [-0.39, 0.29) is 28.4 Å². The lowest BCUT2D eigenvalue weighted by Gasteiger charge is -2.05. The number of pyridine rings is 1. The first-order valence-electron chi connectivity index (χ1n) is 8.42. The molecule has 0 aliphatic rings. The second-order valence-electron chi connectivity index (χ2n) is 6.07. The maximum absolute atomic E-state index is 13.2. The highest BCUT2D eigenvalue weighted by molar-refractivity contribution is 6.18. The molecular weight excluding hydrogens is 358 g/mol. The molecule has 0 saturated carbocycles. The van der Waals surface area contributed by atoms with E-state index in [9.17, 15) is 19.7 Å². The van der Waals surface area contributed by atoms with Gasteiger partial charge in [0.15, 0.2) is 0 Å². The van der Waals surface area contributed by atoms with Crippen LogP contribution in [0, 0.1) is 10.1 Å². The molecule has 4 aromatic rings. The van der Waals surface area contributed by atoms with Crippen LogP contribution < -0.4 is 0 Å². The van der Waals surface area contributed by atoms with Crippen LogP contribution in [0.25, 0.3) is 5.65 Å². The summed E-state index contributed by atoms with van der Waals surface area (Å²) in [5, 5.41) is 10.8. The number of aromatic nitrogens is 2. The number of carbonyl (C=O) groups excluding carboxylic acids is 2. The lowest BCUT2D eigenvalue weighted by atomic mass is 10.0. The molecule has 0 unspecified atom stereocenters. The molecular formula is C21H13N3O4. The normalized spacial score (nSPS) is 10.7. The Morgan fingerprint density at radius 3 is 2.14 bits per heavy atom. The fraction of sp³-hybridized carbons (Fsp3) is 0. The predicted molar refractivity (Wildman–Crippen MR) is 102 cm³/mol. The Labute approximate surface area is 159 Å². The van der Waals surface area contributed by atoms with Crippen molar-refractivity contribution in [3.63, 3.8) is 0 Å². The van der Waals surface area contributed by atoms with Crippen molar-refractivity contribution in [2.75, 3.05) is 0 Å². The van der Waals surface area contributed by atoms with Gasteiger partial charge in [0.25, 0.3) is 5.69 Å². The third-order valence-corrected chi connectivity index (χ3v) is 4.34. The summed E-state index contributed by atoms with van der Waals surface area (Å²) in [6.45, 7) is 0. The molecule has 2 aromatic heterocycles. The van der Waals surface area contributed by atoms with Crippen LogP contribution in [-0.2, 0) is 0 Å². The molecule has 0 aliphatic carbocycles. The summed E-state index contributed by atoms with van der Waals surface area (Å²) in [4.78, 5) is 40.9. The molecule has 4 rings (SSSR count). The number of imidazole rings is 1. The SMILES string of the molecule is O=C(c1ccccc1)c1nc2ccccn2c1C(=O)c1ccc([N+](=O)[O-])cc1. The molecule has 0 saturated heterocycles. The number of nitro benzene ring substituents is 1. The van der Waals surface area contributed by atoms with E-state index in [4.69, 9.17) is 0 Å². The summed E-state index contributed by atoms with van der Waals surface area (Å²) >= 11 is 0. The van der Waals surface area contributed by atoms with Crippen molar-refractivity contribution < 1.29 is 14.5 Å². The zero-order chi connectivity index (χ0) is 19.7. The summed E-state index contributed by atoms with van der Waals surface area (Å²) in [5.74, 6) is -0.803. The summed E-state index contributed by atoms with van der Waals surface area (Å²) in [6, 6.07) is 19.1. The van der Waals surface area contributed by atoms with Gasteiger partial charge in [-0.15, -0.1) is 0 Å². The second kappa shape index (κ2) is 6.88. The number of benzene rings is 2. The Bertz CT molecular complexity index is 1210. The molecule has 0 amide bonds. The molecule has 0 fully saturated rings. The highest BCUT2D eigenvalue weighted by Gasteiger charge is 2.26. The third-order valence-electron chi connectivity index (χ3n) is 4.34. The van der Waals surface area contributed by atoms with Gasteiger partial charge < -0.3 is 0 Å². The number of nitro groups is 1. The van der Waals surface area contributed by atoms with Crippen molar-refractivity contribution >= 4 is 22.9 Å². The van der Waals surface area contributed by atoms with Gasteiger partial charge in [0.1, 0.15) is 17.0 Å². The van der Waals surface area contributed by atoms with E-state index < -0.39 is 10.7 Å². The Hall–Kier alpha value is -4.13. The molecule has 0 radical (unpaired) electrons. The van der Waals surface area contributed by atoms with Gasteiger partial charge in [0, 0.05) is 29.5 Å². The Balaban J connectivity index is 1.86. The first kappa shape index (κ1) is 17.3. The Morgan fingerprint density at radius 2 is 1.46 bits per heavy atom. The minimum atomic E-state index is -0.535. The minimum Gasteiger partial charge on any atom is -0.296 e. The zero-order valence-corrected chi connectivity index (χ0v) is 14.5. The monoisotopic (exact) mass is 371 g/mol. The third kappa shape index (κ3) is 2.95. The van der Waals surface area contributed by atoms with Crippen molar-refractivity contribution in [1.82, 2.24) is 9.38 Å². The maximum Gasteiger partial charge on any atom is 0.269 e. The molecule has 28 heavy (non-hydrogen) atoms. The second-order valence-corrected chi connectivity index (χ2v) is 6.07. The van der Waals surface area contributed by atoms with Crippen LogP contribution in [-0.4, -0.2) is 25.9 Å². The lowest BCUT2D eigenvalue weighted by molar-refractivity contribution is -0.384. The molecule has 0 bridgehead atoms. The van der Waals surface area contributed by atoms with Crippen molar-refractivity contribution in [2.45, 2.75) is 0 Å². The van der Waals surface area contributed by atoms with Gasteiger partial charge in [-0.05, 0) is 24.3 Å². The molecule has 136 valence electrons. The van der Waals surface area contributed by atoms with Crippen molar-refractivity contribution in [2.24, 2.45) is 0 Å². The van der Waals surface area contributed by atoms with Crippen molar-refractivity contribution in [1.29, 1.82) is 0 Å². The molecule has 2 heterocycles. The number of carbonyl (C=O) groups is 2. The smallest absolute Gasteiger partial charge is 0.269 e. The Morgan fingerprint density at radius 1 is 0.821 bits per heavy atom. The molecule has 0 N–H and O–H groups in total. The summed E-state index contributed by atoms with van der Waals surface area (Å²) in [7, 11) is 0. The molecule has 7 nitrogen and oxygen atoms in total. The number of hydrogen-bond acceptors (Lipinski definition) is 5. The van der Waals surface area contributed by atoms with E-state index in [0.29, 0.717) is 11.2 Å². The summed E-state index contributed by atoms with van der Waals surface area (Å²) in [6.07, 6.45) is 1.66. The van der Waals surface area contributed by atoms with Gasteiger partial charge in [-0.1, -0.05) is 36.4 Å². The van der Waals surface area contributed by atoms with Crippen LogP contribution in [0.15, 0.2) is 79.0 Å². The number of non-ortho nitro benzene ring substituents is 1. The first-order chi connectivity index (χ1) is 13.6. The van der Waals surface area contributed by atoms with Crippen molar-refractivity contribution in [3.05, 3.63) is 112 Å².